The number of fused-ring (bicyclic) bond motifs is 1. The van der Waals surface area contributed by atoms with Gasteiger partial charge in [-0.3, -0.25) is 4.79 Å². The largest absolute Gasteiger partial charge is 0.378 e. The van der Waals surface area contributed by atoms with Gasteiger partial charge in [-0.25, -0.2) is 0 Å². The molecule has 0 unspecified atom stereocenters. The van der Waals surface area contributed by atoms with E-state index in [-0.39, 0.29) is 5.91 Å². The van der Waals surface area contributed by atoms with Crippen LogP contribution in [0.2, 0.25) is 0 Å². The molecule has 1 aromatic heterocycles. The van der Waals surface area contributed by atoms with E-state index in [1.165, 1.54) is 21.3 Å². The highest BCUT2D eigenvalue weighted by molar-refractivity contribution is 7.21. The van der Waals surface area contributed by atoms with Crippen molar-refractivity contribution in [2.75, 3.05) is 36.5 Å². The van der Waals surface area contributed by atoms with E-state index >= 15 is 0 Å². The van der Waals surface area contributed by atoms with E-state index in [4.69, 9.17) is 4.74 Å². The topological polar surface area (TPSA) is 41.6 Å². The summed E-state index contributed by atoms with van der Waals surface area (Å²) >= 11 is 1.58. The van der Waals surface area contributed by atoms with Crippen molar-refractivity contribution in [3.63, 3.8) is 0 Å². The molecule has 140 valence electrons. The predicted molar refractivity (Wildman–Crippen MR) is 113 cm³/mol. The van der Waals surface area contributed by atoms with Gasteiger partial charge in [0.1, 0.15) is 0 Å². The lowest BCUT2D eigenvalue weighted by atomic mass is 10.1. The Bertz CT molecular complexity index is 927. The van der Waals surface area contributed by atoms with Crippen molar-refractivity contribution in [2.45, 2.75) is 19.8 Å². The maximum absolute atomic E-state index is 12.9. The maximum Gasteiger partial charge on any atom is 0.266 e. The molecule has 1 aliphatic heterocycles. The summed E-state index contributed by atoms with van der Waals surface area (Å²) in [4.78, 5) is 16.1. The zero-order valence-electron chi connectivity index (χ0n) is 15.5. The van der Waals surface area contributed by atoms with Crippen LogP contribution in [0.5, 0.6) is 0 Å². The second-order valence-corrected chi connectivity index (χ2v) is 7.81. The lowest BCUT2D eigenvalue weighted by molar-refractivity contribution is 0.103. The number of ether oxygens (including phenoxy) is 1. The first-order valence-corrected chi connectivity index (χ1v) is 10.3. The third kappa shape index (κ3) is 3.84. The number of hydrogen-bond acceptors (Lipinski definition) is 4. The van der Waals surface area contributed by atoms with Gasteiger partial charge in [-0.05, 0) is 47.7 Å². The number of hydrogen-bond donors (Lipinski definition) is 1. The molecule has 27 heavy (non-hydrogen) atoms. The Morgan fingerprint density at radius 1 is 1.11 bits per heavy atom. The van der Waals surface area contributed by atoms with Gasteiger partial charge in [-0.1, -0.05) is 31.5 Å². The number of rotatable bonds is 5. The number of carbonyl (C=O) groups is 1. The highest BCUT2D eigenvalue weighted by atomic mass is 32.1. The zero-order chi connectivity index (χ0) is 18.6. The van der Waals surface area contributed by atoms with Gasteiger partial charge in [0.25, 0.3) is 5.91 Å². The molecule has 5 heteroatoms. The van der Waals surface area contributed by atoms with Crippen LogP contribution < -0.4 is 10.2 Å². The van der Waals surface area contributed by atoms with Gasteiger partial charge >= 0.3 is 0 Å². The molecule has 0 atom stereocenters. The number of morpholine rings is 1. The number of amides is 1. The summed E-state index contributed by atoms with van der Waals surface area (Å²) in [5.41, 5.74) is 3.17. The third-order valence-corrected chi connectivity index (χ3v) is 6.12. The zero-order valence-corrected chi connectivity index (χ0v) is 16.3. The molecule has 2 heterocycles. The molecule has 0 saturated carbocycles. The van der Waals surface area contributed by atoms with Gasteiger partial charge in [-0.2, -0.15) is 0 Å². The van der Waals surface area contributed by atoms with Crippen molar-refractivity contribution in [3.8, 4) is 0 Å². The fraction of sp³-hybridized carbons (Fsp3) is 0.318. The van der Waals surface area contributed by atoms with Crippen LogP contribution in [-0.4, -0.2) is 32.2 Å². The lowest BCUT2D eigenvalue weighted by Crippen LogP contribution is -2.36. The minimum atomic E-state index is -0.0150. The summed E-state index contributed by atoms with van der Waals surface area (Å²) in [6, 6.07) is 16.4. The van der Waals surface area contributed by atoms with E-state index in [1.807, 2.05) is 24.3 Å². The van der Waals surface area contributed by atoms with Crippen LogP contribution in [0.3, 0.4) is 0 Å². The summed E-state index contributed by atoms with van der Waals surface area (Å²) in [5, 5.41) is 4.28. The molecule has 2 aromatic carbocycles. The van der Waals surface area contributed by atoms with Gasteiger partial charge in [0, 0.05) is 29.2 Å². The summed E-state index contributed by atoms with van der Waals surface area (Å²) in [5.74, 6) is -0.0150. The molecule has 0 spiro atoms. The Hall–Kier alpha value is -2.37. The first-order valence-electron chi connectivity index (χ1n) is 9.51. The molecule has 0 aliphatic carbocycles. The Labute approximate surface area is 163 Å². The molecule has 0 radical (unpaired) electrons. The molecular formula is C22H24N2O2S. The Morgan fingerprint density at radius 2 is 1.85 bits per heavy atom. The van der Waals surface area contributed by atoms with E-state index in [0.717, 1.165) is 49.7 Å². The number of nitrogens with zero attached hydrogens (tertiary/aromatic N) is 1. The van der Waals surface area contributed by atoms with Crippen LogP contribution >= 0.6 is 11.3 Å². The fourth-order valence-electron chi connectivity index (χ4n) is 3.55. The standard InChI is InChI=1S/C22H24N2O2S/c1-2-5-19-18-6-3-4-7-20(18)27-21(19)22(25)23-16-8-10-17(11-9-16)24-12-14-26-15-13-24/h3-4,6-11H,2,5,12-15H2,1H3,(H,23,25). The molecule has 0 bridgehead atoms. The molecule has 1 N–H and O–H groups in total. The van der Waals surface area contributed by atoms with Crippen molar-refractivity contribution in [1.29, 1.82) is 0 Å². The molecule has 1 amide bonds. The molecule has 4 nitrogen and oxygen atoms in total. The summed E-state index contributed by atoms with van der Waals surface area (Å²) in [6.07, 6.45) is 1.94. The fourth-order valence-corrected chi connectivity index (χ4v) is 4.69. The Balaban J connectivity index is 1.53. The number of thiophene rings is 1. The SMILES string of the molecule is CCCc1c(C(=O)Nc2ccc(N3CCOCC3)cc2)sc2ccccc12. The number of benzene rings is 2. The van der Waals surface area contributed by atoms with E-state index in [0.29, 0.717) is 0 Å². The molecule has 1 fully saturated rings. The number of anilines is 2. The summed E-state index contributed by atoms with van der Waals surface area (Å²) < 4.78 is 6.58. The van der Waals surface area contributed by atoms with Gasteiger partial charge in [0.2, 0.25) is 0 Å². The highest BCUT2D eigenvalue weighted by Gasteiger charge is 2.18. The number of nitrogens with one attached hydrogen (secondary N) is 1. The lowest BCUT2D eigenvalue weighted by Gasteiger charge is -2.28. The normalized spacial score (nSPS) is 14.5. The van der Waals surface area contributed by atoms with Crippen LogP contribution in [0.4, 0.5) is 11.4 Å². The second-order valence-electron chi connectivity index (χ2n) is 6.76. The van der Waals surface area contributed by atoms with Crippen molar-refractivity contribution in [3.05, 3.63) is 59.0 Å². The minimum absolute atomic E-state index is 0.0150. The first-order chi connectivity index (χ1) is 13.3. The average Bonchev–Trinajstić information content (AvgIpc) is 3.08. The van der Waals surface area contributed by atoms with E-state index in [1.54, 1.807) is 11.3 Å². The van der Waals surface area contributed by atoms with Crippen LogP contribution in [0, 0.1) is 0 Å². The van der Waals surface area contributed by atoms with Crippen LogP contribution in [0.25, 0.3) is 10.1 Å². The number of aryl methyl sites for hydroxylation is 1. The van der Waals surface area contributed by atoms with Crippen LogP contribution in [0.1, 0.15) is 28.6 Å². The van der Waals surface area contributed by atoms with Gasteiger partial charge in [0.15, 0.2) is 0 Å². The predicted octanol–water partition coefficient (Wildman–Crippen LogP) is 4.94. The quantitative estimate of drug-likeness (QED) is 0.681. The Morgan fingerprint density at radius 3 is 2.59 bits per heavy atom. The maximum atomic E-state index is 12.9. The number of carbonyl (C=O) groups excluding carboxylic acids is 1. The second kappa shape index (κ2) is 8.11. The molecule has 1 aliphatic rings. The van der Waals surface area contributed by atoms with E-state index < -0.39 is 0 Å². The van der Waals surface area contributed by atoms with Crippen molar-refractivity contribution < 1.29 is 9.53 Å². The van der Waals surface area contributed by atoms with E-state index in [9.17, 15) is 4.79 Å². The molecule has 1 saturated heterocycles. The minimum Gasteiger partial charge on any atom is -0.378 e. The first kappa shape index (κ1) is 18.0. The smallest absolute Gasteiger partial charge is 0.266 e. The van der Waals surface area contributed by atoms with Gasteiger partial charge in [-0.15, -0.1) is 11.3 Å². The average molecular weight is 381 g/mol. The molecular weight excluding hydrogens is 356 g/mol. The summed E-state index contributed by atoms with van der Waals surface area (Å²) in [7, 11) is 0. The van der Waals surface area contributed by atoms with Crippen LogP contribution in [-0.2, 0) is 11.2 Å². The molecule has 3 aromatic rings. The van der Waals surface area contributed by atoms with Crippen LogP contribution in [0.15, 0.2) is 48.5 Å². The van der Waals surface area contributed by atoms with Gasteiger partial charge < -0.3 is 15.0 Å². The highest BCUT2D eigenvalue weighted by Crippen LogP contribution is 2.33. The summed E-state index contributed by atoms with van der Waals surface area (Å²) in [6.45, 7) is 5.51. The van der Waals surface area contributed by atoms with Gasteiger partial charge in [0.05, 0.1) is 18.1 Å². The third-order valence-electron chi connectivity index (χ3n) is 4.91. The molecule has 4 rings (SSSR count). The monoisotopic (exact) mass is 380 g/mol. The van der Waals surface area contributed by atoms with Crippen molar-refractivity contribution >= 4 is 38.7 Å². The Kier molecular flexibility index (Phi) is 5.41. The van der Waals surface area contributed by atoms with E-state index in [2.05, 4.69) is 41.4 Å². The van der Waals surface area contributed by atoms with Crippen molar-refractivity contribution in [2.24, 2.45) is 0 Å². The van der Waals surface area contributed by atoms with Crippen molar-refractivity contribution in [1.82, 2.24) is 0 Å².